The fraction of sp³-hybridized carbons (Fsp3) is 0.160. The lowest BCUT2D eigenvalue weighted by molar-refractivity contribution is 0.590. The molecule has 8 heteroatoms. The summed E-state index contributed by atoms with van der Waals surface area (Å²) in [4.78, 5) is 10.4. The molecule has 20 rings (SSSR count). The summed E-state index contributed by atoms with van der Waals surface area (Å²) >= 11 is 1.95. The van der Waals surface area contributed by atoms with E-state index in [1.165, 1.54) is 131 Å². The minimum Gasteiger partial charge on any atom is -0.311 e. The summed E-state index contributed by atoms with van der Waals surface area (Å²) in [5.74, 6) is 0. The van der Waals surface area contributed by atoms with Gasteiger partial charge in [0, 0.05) is 93.6 Å². The summed E-state index contributed by atoms with van der Waals surface area (Å²) in [7, 11) is 0. The van der Waals surface area contributed by atoms with Gasteiger partial charge in [0.05, 0.1) is 33.4 Å². The molecular formula is C100H85B2N5S. The molecule has 0 unspecified atom stereocenters. The van der Waals surface area contributed by atoms with Crippen LogP contribution in [0.25, 0.3) is 77.2 Å². The van der Waals surface area contributed by atoms with Gasteiger partial charge in [0.25, 0.3) is 6.71 Å². The largest absolute Gasteiger partial charge is 0.311 e. The third kappa shape index (κ3) is 10.2. The van der Waals surface area contributed by atoms with E-state index in [4.69, 9.17) is 0 Å². The molecule has 5 nitrogen and oxygen atoms in total. The molecule has 0 amide bonds. The van der Waals surface area contributed by atoms with Crippen molar-refractivity contribution in [2.45, 2.75) is 115 Å². The maximum Gasteiger partial charge on any atom is 0.252 e. The van der Waals surface area contributed by atoms with Gasteiger partial charge in [-0.1, -0.05) is 282 Å². The first-order valence-electron chi connectivity index (χ1n) is 38.5. The first kappa shape index (κ1) is 66.0. The molecule has 0 radical (unpaired) electrons. The lowest BCUT2D eigenvalue weighted by Crippen LogP contribution is -2.64. The maximum absolute atomic E-state index is 2.74. The van der Waals surface area contributed by atoms with E-state index in [9.17, 15) is 0 Å². The summed E-state index contributed by atoms with van der Waals surface area (Å²) < 4.78 is 5.16. The Hall–Kier alpha value is -11.4. The van der Waals surface area contributed by atoms with Crippen molar-refractivity contribution in [3.05, 3.63) is 320 Å². The fourth-order valence-corrected chi connectivity index (χ4v) is 19.5. The Bertz CT molecular complexity index is 6200. The van der Waals surface area contributed by atoms with Crippen molar-refractivity contribution < 1.29 is 0 Å². The van der Waals surface area contributed by atoms with Crippen LogP contribution >= 0.6 is 11.8 Å². The number of benzene rings is 14. The van der Waals surface area contributed by atoms with Gasteiger partial charge in [-0.3, -0.25) is 0 Å². The van der Waals surface area contributed by atoms with E-state index in [0.29, 0.717) is 0 Å². The van der Waals surface area contributed by atoms with Crippen LogP contribution < -0.4 is 47.5 Å². The van der Waals surface area contributed by atoms with Crippen molar-refractivity contribution in [2.75, 3.05) is 14.7 Å². The maximum atomic E-state index is 2.74. The number of aromatic nitrogens is 2. The highest BCUT2D eigenvalue weighted by Crippen LogP contribution is 2.54. The minimum atomic E-state index is -0.191. The highest BCUT2D eigenvalue weighted by Gasteiger charge is 2.48. The topological polar surface area (TPSA) is 19.6 Å². The molecule has 0 bridgehead atoms. The second kappa shape index (κ2) is 24.0. The lowest BCUT2D eigenvalue weighted by Gasteiger charge is -2.46. The number of hydrogen-bond acceptors (Lipinski definition) is 4. The molecule has 0 spiro atoms. The van der Waals surface area contributed by atoms with E-state index < -0.39 is 0 Å². The summed E-state index contributed by atoms with van der Waals surface area (Å²) in [5.41, 5.74) is 34.8. The van der Waals surface area contributed by atoms with E-state index in [1.54, 1.807) is 0 Å². The van der Waals surface area contributed by atoms with Crippen LogP contribution in [0.4, 0.5) is 51.2 Å². The molecule has 2 aromatic heterocycles. The predicted molar refractivity (Wildman–Crippen MR) is 465 cm³/mol. The Morgan fingerprint density at radius 1 is 0.250 bits per heavy atom. The zero-order valence-electron chi connectivity index (χ0n) is 63.6. The van der Waals surface area contributed by atoms with Gasteiger partial charge in [0.2, 0.25) is 6.71 Å². The number of hydrogen-bond donors (Lipinski definition) is 0. The fourth-order valence-electron chi connectivity index (χ4n) is 18.3. The van der Waals surface area contributed by atoms with Crippen LogP contribution in [0.5, 0.6) is 0 Å². The van der Waals surface area contributed by atoms with Crippen LogP contribution in [0.1, 0.15) is 105 Å². The van der Waals surface area contributed by atoms with Crippen LogP contribution in [0.15, 0.2) is 307 Å². The normalized spacial score (nSPS) is 13.8. The van der Waals surface area contributed by atoms with Gasteiger partial charge < -0.3 is 23.8 Å². The van der Waals surface area contributed by atoms with Gasteiger partial charge in [0.15, 0.2) is 0 Å². The molecular weight excluding hydrogens is 1320 g/mol. The summed E-state index contributed by atoms with van der Waals surface area (Å²) in [6, 6.07) is 115. The number of nitrogens with zero attached hydrogens (tertiary/aromatic N) is 5. The highest BCUT2D eigenvalue weighted by molar-refractivity contribution is 8.00. The number of para-hydroxylation sites is 5. The summed E-state index contributed by atoms with van der Waals surface area (Å²) in [6.07, 6.45) is 0. The van der Waals surface area contributed by atoms with E-state index in [-0.39, 0.29) is 35.1 Å². The van der Waals surface area contributed by atoms with Crippen molar-refractivity contribution in [3.63, 3.8) is 0 Å². The molecule has 0 saturated carbocycles. The highest BCUT2D eigenvalue weighted by atomic mass is 32.2. The smallest absolute Gasteiger partial charge is 0.252 e. The van der Waals surface area contributed by atoms with Crippen molar-refractivity contribution in [1.82, 2.24) is 9.13 Å². The third-order valence-electron chi connectivity index (χ3n) is 23.7. The second-order valence-electron chi connectivity index (χ2n) is 34.5. The van der Waals surface area contributed by atoms with Gasteiger partial charge in [0.1, 0.15) is 0 Å². The second-order valence-corrected chi connectivity index (χ2v) is 35.6. The summed E-state index contributed by atoms with van der Waals surface area (Å²) in [6.45, 7) is 27.7. The number of anilines is 9. The molecule has 6 heterocycles. The van der Waals surface area contributed by atoms with E-state index in [1.807, 2.05) is 11.8 Å². The Kier molecular flexibility index (Phi) is 14.7. The van der Waals surface area contributed by atoms with E-state index in [0.717, 1.165) is 62.1 Å². The van der Waals surface area contributed by atoms with Crippen LogP contribution in [0, 0.1) is 0 Å². The van der Waals surface area contributed by atoms with Gasteiger partial charge >= 0.3 is 0 Å². The van der Waals surface area contributed by atoms with Crippen LogP contribution in [-0.4, -0.2) is 22.6 Å². The van der Waals surface area contributed by atoms with Crippen molar-refractivity contribution >= 4 is 153 Å². The molecule has 522 valence electrons. The summed E-state index contributed by atoms with van der Waals surface area (Å²) in [5, 5.41) is 5.07. The molecule has 4 aliphatic heterocycles. The number of rotatable bonds is 7. The number of fused-ring (bicyclic) bond motifs is 14. The Balaban J connectivity index is 0.915. The Morgan fingerprint density at radius 3 is 1.03 bits per heavy atom. The first-order valence-corrected chi connectivity index (χ1v) is 39.3. The van der Waals surface area contributed by atoms with Crippen molar-refractivity contribution in [2.24, 2.45) is 0 Å². The van der Waals surface area contributed by atoms with Gasteiger partial charge in [-0.15, -0.1) is 0 Å². The molecule has 16 aromatic rings. The molecule has 0 aliphatic carbocycles. The first-order chi connectivity index (χ1) is 52.1. The standard InChI is InChI=1S/C100H85B2N5S/c1-97(2,3)64-44-48-82-74(52-64)75-53-65(98(4,5)6)45-49-83(75)105(82)70-56-89-94-90(57-70)107(96-72(62-30-17-13-18-31-62)38-29-39-73(96)63-32-19-14-20-33-63)88-61-92-81(60-80(88)101(94)78-40-25-27-42-86(78)103(89)68-34-21-15-22-35-68)102-79-41-26-28-43-87(79)104(69-36-23-16-24-37-69)91-58-71(59-93(108-92)95(91)102)106-84-50-46-66(99(7,8)9)54-76(84)77-55-67(100(10,11)12)47-51-85(77)106/h13-61H,1-12H3. The van der Waals surface area contributed by atoms with Crippen molar-refractivity contribution in [1.29, 1.82) is 0 Å². The van der Waals surface area contributed by atoms with Gasteiger partial charge in [-0.2, -0.15) is 0 Å². The molecule has 14 aromatic carbocycles. The van der Waals surface area contributed by atoms with Gasteiger partial charge in [-0.05, 0) is 198 Å². The SMILES string of the molecule is CC(C)(C)c1ccc2c(c1)c1cc(C(C)(C)C)ccc1n2-c1cc2c3c(c1)N(c1ccccc1)c1ccccc1B3c1cc3c(cc1S2)N(c1c(-c2ccccc2)cccc1-c1ccccc1)c1cc(-n2c4ccc(C(C)(C)C)cc4c4cc(C(C)(C)C)ccc42)cc2c1B3c1ccccc1N2c1ccccc1. The quantitative estimate of drug-likeness (QED) is 0.148. The lowest BCUT2D eigenvalue weighted by atomic mass is 9.31. The molecule has 0 N–H and O–H groups in total. The van der Waals surface area contributed by atoms with Crippen LogP contribution in [0.3, 0.4) is 0 Å². The Labute approximate surface area is 639 Å². The predicted octanol–water partition coefficient (Wildman–Crippen LogP) is 23.3. The minimum absolute atomic E-state index is 0.0419. The molecule has 0 fully saturated rings. The third-order valence-corrected chi connectivity index (χ3v) is 24.8. The van der Waals surface area contributed by atoms with E-state index in [2.05, 4.69) is 404 Å². The molecule has 0 atom stereocenters. The monoisotopic (exact) mass is 1410 g/mol. The Morgan fingerprint density at radius 2 is 0.611 bits per heavy atom. The molecule has 0 saturated heterocycles. The van der Waals surface area contributed by atoms with Crippen LogP contribution in [-0.2, 0) is 21.7 Å². The van der Waals surface area contributed by atoms with Crippen molar-refractivity contribution in [3.8, 4) is 33.6 Å². The molecule has 108 heavy (non-hydrogen) atoms. The van der Waals surface area contributed by atoms with Gasteiger partial charge in [-0.25, -0.2) is 0 Å². The zero-order chi connectivity index (χ0) is 73.6. The van der Waals surface area contributed by atoms with Crippen LogP contribution in [0.2, 0.25) is 0 Å². The average molecular weight is 1410 g/mol. The van der Waals surface area contributed by atoms with E-state index >= 15 is 0 Å². The molecule has 4 aliphatic rings. The zero-order valence-corrected chi connectivity index (χ0v) is 64.4. The average Bonchev–Trinajstić information content (AvgIpc) is 0.692.